The molecule has 0 saturated carbocycles. The average Bonchev–Trinajstić information content (AvgIpc) is 3.21. The molecular formula is C21H20Cl2N4O. The minimum atomic E-state index is -0.0188. The van der Waals surface area contributed by atoms with Gasteiger partial charge in [-0.05, 0) is 54.7 Å². The van der Waals surface area contributed by atoms with E-state index in [0.29, 0.717) is 16.5 Å². The van der Waals surface area contributed by atoms with Gasteiger partial charge in [-0.15, -0.1) is 0 Å². The lowest BCUT2D eigenvalue weighted by Gasteiger charge is -2.36. The van der Waals surface area contributed by atoms with Crippen LogP contribution < -0.4 is 0 Å². The Hall–Kier alpha value is -2.37. The van der Waals surface area contributed by atoms with Crippen LogP contribution in [0.25, 0.3) is 11.1 Å². The molecule has 2 aromatic heterocycles. The number of hydrogen-bond acceptors (Lipinski definition) is 3. The van der Waals surface area contributed by atoms with Crippen LogP contribution >= 0.6 is 23.2 Å². The highest BCUT2D eigenvalue weighted by molar-refractivity contribution is 6.42. The summed E-state index contributed by atoms with van der Waals surface area (Å²) in [6.45, 7) is 0.736. The molecule has 1 N–H and O–H groups in total. The van der Waals surface area contributed by atoms with E-state index < -0.39 is 0 Å². The van der Waals surface area contributed by atoms with Crippen LogP contribution in [-0.4, -0.2) is 32.5 Å². The van der Waals surface area contributed by atoms with Gasteiger partial charge >= 0.3 is 0 Å². The van der Waals surface area contributed by atoms with Crippen molar-refractivity contribution in [3.05, 3.63) is 70.2 Å². The van der Waals surface area contributed by atoms with Gasteiger partial charge in [0.25, 0.3) is 0 Å². The zero-order chi connectivity index (χ0) is 19.5. The number of benzene rings is 1. The van der Waals surface area contributed by atoms with Crippen molar-refractivity contribution in [2.45, 2.75) is 31.7 Å². The number of amides is 1. The maximum Gasteiger partial charge on any atom is 0.227 e. The van der Waals surface area contributed by atoms with Crippen molar-refractivity contribution < 1.29 is 4.79 Å². The minimum Gasteiger partial charge on any atom is -0.334 e. The van der Waals surface area contributed by atoms with E-state index in [2.05, 4.69) is 15.2 Å². The van der Waals surface area contributed by atoms with E-state index >= 15 is 0 Å². The number of hydrogen-bond donors (Lipinski definition) is 1. The number of nitrogens with zero attached hydrogens (tertiary/aromatic N) is 3. The number of pyridine rings is 1. The van der Waals surface area contributed by atoms with Crippen molar-refractivity contribution in [2.24, 2.45) is 0 Å². The number of aromatic amines is 1. The predicted octanol–water partition coefficient (Wildman–Crippen LogP) is 5.07. The molecule has 0 unspecified atom stereocenters. The number of H-pyrrole nitrogens is 1. The van der Waals surface area contributed by atoms with E-state index in [9.17, 15) is 4.79 Å². The molecule has 1 fully saturated rings. The van der Waals surface area contributed by atoms with Crippen LogP contribution in [0.1, 0.15) is 36.6 Å². The molecule has 0 spiro atoms. The molecular weight excluding hydrogens is 395 g/mol. The summed E-state index contributed by atoms with van der Waals surface area (Å²) in [7, 11) is 0. The molecule has 1 aliphatic rings. The Morgan fingerprint density at radius 2 is 1.96 bits per heavy atom. The summed E-state index contributed by atoms with van der Waals surface area (Å²) >= 11 is 12.1. The smallest absolute Gasteiger partial charge is 0.227 e. The van der Waals surface area contributed by atoms with Crippen molar-refractivity contribution in [2.75, 3.05) is 6.54 Å². The average molecular weight is 415 g/mol. The summed E-state index contributed by atoms with van der Waals surface area (Å²) in [4.78, 5) is 19.2. The molecule has 3 aromatic rings. The van der Waals surface area contributed by atoms with Crippen LogP contribution in [0.15, 0.2) is 48.9 Å². The second-order valence-corrected chi connectivity index (χ2v) is 7.77. The number of carbonyl (C=O) groups is 1. The van der Waals surface area contributed by atoms with Gasteiger partial charge in [-0.2, -0.15) is 5.10 Å². The predicted molar refractivity (Wildman–Crippen MR) is 110 cm³/mol. The van der Waals surface area contributed by atoms with Crippen molar-refractivity contribution in [1.82, 2.24) is 20.1 Å². The van der Waals surface area contributed by atoms with E-state index in [1.54, 1.807) is 24.5 Å². The third-order valence-electron chi connectivity index (χ3n) is 5.16. The monoisotopic (exact) mass is 414 g/mol. The minimum absolute atomic E-state index is 0.0188. The molecule has 7 heteroatoms. The van der Waals surface area contributed by atoms with Crippen LogP contribution in [0.2, 0.25) is 10.0 Å². The van der Waals surface area contributed by atoms with Crippen LogP contribution in [-0.2, 0) is 11.2 Å². The maximum absolute atomic E-state index is 13.1. The van der Waals surface area contributed by atoms with Gasteiger partial charge in [0.1, 0.15) is 0 Å². The Balaban J connectivity index is 1.59. The standard InChI is InChI=1S/C21H20Cl2N4O/c22-17-5-4-14(11-18(17)23)12-20(28)27-10-2-1-3-19(27)21-16(13-25-26-21)15-6-8-24-9-7-15/h4-9,11,13,19H,1-3,10,12H2,(H,25,26)/t19-/m1/s1. The van der Waals surface area contributed by atoms with Gasteiger partial charge < -0.3 is 4.90 Å². The summed E-state index contributed by atoms with van der Waals surface area (Å²) in [5, 5.41) is 8.36. The van der Waals surface area contributed by atoms with E-state index in [1.165, 1.54) is 0 Å². The fourth-order valence-electron chi connectivity index (χ4n) is 3.77. The Labute approximate surface area is 173 Å². The largest absolute Gasteiger partial charge is 0.334 e. The summed E-state index contributed by atoms with van der Waals surface area (Å²) < 4.78 is 0. The van der Waals surface area contributed by atoms with Crippen LogP contribution in [0, 0.1) is 0 Å². The Morgan fingerprint density at radius 1 is 1.14 bits per heavy atom. The SMILES string of the molecule is O=C(Cc1ccc(Cl)c(Cl)c1)N1CCCC[C@@H]1c1[nH]ncc1-c1ccncc1. The number of nitrogens with one attached hydrogen (secondary N) is 1. The van der Waals surface area contributed by atoms with E-state index in [-0.39, 0.29) is 11.9 Å². The van der Waals surface area contributed by atoms with Gasteiger partial charge in [-0.1, -0.05) is 29.3 Å². The third kappa shape index (κ3) is 3.91. The molecule has 0 radical (unpaired) electrons. The quantitative estimate of drug-likeness (QED) is 0.647. The maximum atomic E-state index is 13.1. The van der Waals surface area contributed by atoms with Gasteiger partial charge in [-0.25, -0.2) is 0 Å². The lowest BCUT2D eigenvalue weighted by Crippen LogP contribution is -2.39. The topological polar surface area (TPSA) is 61.9 Å². The fraction of sp³-hybridized carbons (Fsp3) is 0.286. The van der Waals surface area contributed by atoms with Crippen LogP contribution in [0.3, 0.4) is 0 Å². The molecule has 1 atom stereocenters. The lowest BCUT2D eigenvalue weighted by atomic mass is 9.94. The third-order valence-corrected chi connectivity index (χ3v) is 5.89. The van der Waals surface area contributed by atoms with Crippen LogP contribution in [0.5, 0.6) is 0 Å². The number of likely N-dealkylation sites (tertiary alicyclic amines) is 1. The fourth-order valence-corrected chi connectivity index (χ4v) is 4.09. The van der Waals surface area contributed by atoms with Crippen LogP contribution in [0.4, 0.5) is 0 Å². The molecule has 1 amide bonds. The van der Waals surface area contributed by atoms with Gasteiger partial charge in [-0.3, -0.25) is 14.9 Å². The summed E-state index contributed by atoms with van der Waals surface area (Å²) in [6.07, 6.45) is 8.64. The first-order chi connectivity index (χ1) is 13.6. The Morgan fingerprint density at radius 3 is 2.75 bits per heavy atom. The zero-order valence-corrected chi connectivity index (χ0v) is 16.7. The molecule has 3 heterocycles. The van der Waals surface area contributed by atoms with Crippen molar-refractivity contribution in [1.29, 1.82) is 0 Å². The first-order valence-corrected chi connectivity index (χ1v) is 10.1. The van der Waals surface area contributed by atoms with Gasteiger partial charge in [0.2, 0.25) is 5.91 Å². The highest BCUT2D eigenvalue weighted by Gasteiger charge is 2.31. The van der Waals surface area contributed by atoms with Crippen molar-refractivity contribution >= 4 is 29.1 Å². The number of piperidine rings is 1. The second-order valence-electron chi connectivity index (χ2n) is 6.96. The highest BCUT2D eigenvalue weighted by Crippen LogP contribution is 2.36. The second kappa shape index (κ2) is 8.33. The van der Waals surface area contributed by atoms with E-state index in [4.69, 9.17) is 23.2 Å². The van der Waals surface area contributed by atoms with Gasteiger partial charge in [0.05, 0.1) is 34.4 Å². The lowest BCUT2D eigenvalue weighted by molar-refractivity contribution is -0.134. The highest BCUT2D eigenvalue weighted by atomic mass is 35.5. The summed E-state index contributed by atoms with van der Waals surface area (Å²) in [5.74, 6) is 0.0818. The van der Waals surface area contributed by atoms with Gasteiger partial charge in [0.15, 0.2) is 0 Å². The molecule has 5 nitrogen and oxygen atoms in total. The molecule has 144 valence electrons. The summed E-state index contributed by atoms with van der Waals surface area (Å²) in [6, 6.07) is 9.24. The van der Waals surface area contributed by atoms with Crippen molar-refractivity contribution in [3.8, 4) is 11.1 Å². The van der Waals surface area contributed by atoms with E-state index in [1.807, 2.05) is 29.3 Å². The summed E-state index contributed by atoms with van der Waals surface area (Å²) in [5.41, 5.74) is 3.90. The number of rotatable bonds is 4. The Kier molecular flexibility index (Phi) is 5.64. The number of carbonyl (C=O) groups excluding carboxylic acids is 1. The molecule has 1 aliphatic heterocycles. The zero-order valence-electron chi connectivity index (χ0n) is 15.2. The molecule has 4 rings (SSSR count). The molecule has 0 aliphatic carbocycles. The molecule has 0 bridgehead atoms. The Bertz CT molecular complexity index is 974. The first-order valence-electron chi connectivity index (χ1n) is 9.30. The van der Waals surface area contributed by atoms with Crippen molar-refractivity contribution in [3.63, 3.8) is 0 Å². The first kappa shape index (κ1) is 19.0. The number of halogens is 2. The van der Waals surface area contributed by atoms with Gasteiger partial charge in [0, 0.05) is 24.5 Å². The number of aromatic nitrogens is 3. The normalized spacial score (nSPS) is 16.9. The molecule has 28 heavy (non-hydrogen) atoms. The molecule has 1 aromatic carbocycles. The van der Waals surface area contributed by atoms with E-state index in [0.717, 1.165) is 48.2 Å². The molecule has 1 saturated heterocycles.